The lowest BCUT2D eigenvalue weighted by Gasteiger charge is -2.24. The summed E-state index contributed by atoms with van der Waals surface area (Å²) < 4.78 is 51.6. The van der Waals surface area contributed by atoms with Crippen LogP contribution in [0.25, 0.3) is 0 Å². The largest absolute Gasteiger partial charge is 0.311 e. The first-order valence-corrected chi connectivity index (χ1v) is 13.0. The molecule has 31 heavy (non-hydrogen) atoms. The van der Waals surface area contributed by atoms with Crippen LogP contribution in [0.4, 0.5) is 5.69 Å². The molecule has 1 heterocycles. The van der Waals surface area contributed by atoms with E-state index < -0.39 is 20.0 Å². The van der Waals surface area contributed by atoms with Crippen LogP contribution in [-0.2, 0) is 37.8 Å². The fourth-order valence-corrected chi connectivity index (χ4v) is 5.11. The fourth-order valence-electron chi connectivity index (χ4n) is 3.43. The summed E-state index contributed by atoms with van der Waals surface area (Å²) in [5.41, 5.74) is 3.23. The van der Waals surface area contributed by atoms with E-state index in [2.05, 4.69) is 0 Å². The second kappa shape index (κ2) is 8.70. The molecule has 168 valence electrons. The van der Waals surface area contributed by atoms with E-state index in [-0.39, 0.29) is 23.9 Å². The molecule has 0 aromatic heterocycles. The topological polar surface area (TPSA) is 95.1 Å². The van der Waals surface area contributed by atoms with Crippen molar-refractivity contribution in [1.82, 2.24) is 8.61 Å². The van der Waals surface area contributed by atoms with Crippen molar-refractivity contribution in [3.63, 3.8) is 0 Å². The molecule has 0 saturated heterocycles. The van der Waals surface area contributed by atoms with Crippen LogP contribution in [0.2, 0.25) is 0 Å². The number of anilines is 1. The Morgan fingerprint density at radius 3 is 2.26 bits per heavy atom. The van der Waals surface area contributed by atoms with Crippen LogP contribution >= 0.6 is 0 Å². The summed E-state index contributed by atoms with van der Waals surface area (Å²) in [5, 5.41) is 0. The molecule has 0 bridgehead atoms. The monoisotopic (exact) mass is 465 g/mol. The van der Waals surface area contributed by atoms with E-state index in [1.165, 1.54) is 25.1 Å². The van der Waals surface area contributed by atoms with E-state index in [0.717, 1.165) is 31.6 Å². The summed E-state index contributed by atoms with van der Waals surface area (Å²) in [5.74, 6) is -0.348. The van der Waals surface area contributed by atoms with E-state index >= 15 is 0 Å². The van der Waals surface area contributed by atoms with E-state index in [0.29, 0.717) is 18.7 Å². The Morgan fingerprint density at radius 2 is 1.68 bits per heavy atom. The number of hydrogen-bond donors (Lipinski definition) is 0. The minimum atomic E-state index is -3.61. The van der Waals surface area contributed by atoms with Gasteiger partial charge in [0, 0.05) is 32.9 Å². The van der Waals surface area contributed by atoms with Gasteiger partial charge >= 0.3 is 0 Å². The van der Waals surface area contributed by atoms with Crippen LogP contribution in [0.15, 0.2) is 47.4 Å². The van der Waals surface area contributed by atoms with E-state index in [4.69, 9.17) is 0 Å². The summed E-state index contributed by atoms with van der Waals surface area (Å²) in [6.45, 7) is 2.14. The Bertz CT molecular complexity index is 1190. The highest BCUT2D eigenvalue weighted by molar-refractivity contribution is 7.89. The van der Waals surface area contributed by atoms with Gasteiger partial charge in [-0.15, -0.1) is 0 Å². The highest BCUT2D eigenvalue weighted by Gasteiger charge is 2.30. The number of rotatable bonds is 7. The second-order valence-electron chi connectivity index (χ2n) is 7.89. The zero-order valence-electron chi connectivity index (χ0n) is 18.1. The third-order valence-corrected chi connectivity index (χ3v) is 8.29. The van der Waals surface area contributed by atoms with Gasteiger partial charge in [-0.05, 0) is 42.7 Å². The summed E-state index contributed by atoms with van der Waals surface area (Å²) in [7, 11) is -4.25. The van der Waals surface area contributed by atoms with Gasteiger partial charge in [-0.25, -0.2) is 21.1 Å². The predicted molar refractivity (Wildman–Crippen MR) is 120 cm³/mol. The summed E-state index contributed by atoms with van der Waals surface area (Å²) in [4.78, 5) is 14.7. The van der Waals surface area contributed by atoms with Gasteiger partial charge in [0.1, 0.15) is 0 Å². The summed E-state index contributed by atoms with van der Waals surface area (Å²) >= 11 is 0. The highest BCUT2D eigenvalue weighted by Crippen LogP contribution is 2.31. The van der Waals surface area contributed by atoms with Gasteiger partial charge in [0.25, 0.3) is 0 Å². The minimum absolute atomic E-state index is 0.103. The second-order valence-corrected chi connectivity index (χ2v) is 12.0. The first-order chi connectivity index (χ1) is 14.4. The van der Waals surface area contributed by atoms with Crippen LogP contribution in [0.5, 0.6) is 0 Å². The molecule has 0 radical (unpaired) electrons. The number of benzene rings is 2. The average molecular weight is 466 g/mol. The van der Waals surface area contributed by atoms with Crippen LogP contribution < -0.4 is 4.90 Å². The first-order valence-electron chi connectivity index (χ1n) is 9.76. The lowest BCUT2D eigenvalue weighted by molar-refractivity contribution is -0.118. The maximum atomic E-state index is 13.0. The van der Waals surface area contributed by atoms with Crippen molar-refractivity contribution in [3.8, 4) is 0 Å². The molecular formula is C21H27N3O5S2. The Balaban J connectivity index is 1.81. The molecule has 8 nitrogen and oxygen atoms in total. The number of amides is 1. The molecule has 0 unspecified atom stereocenters. The molecule has 1 aliphatic heterocycles. The van der Waals surface area contributed by atoms with Gasteiger partial charge in [-0.2, -0.15) is 4.31 Å². The molecule has 0 atom stereocenters. The average Bonchev–Trinajstić information content (AvgIpc) is 3.11. The molecule has 0 fully saturated rings. The number of carbonyl (C=O) groups is 1. The minimum Gasteiger partial charge on any atom is -0.311 e. The number of aryl methyl sites for hydroxylation is 1. The molecular weight excluding hydrogens is 438 g/mol. The lowest BCUT2D eigenvalue weighted by Crippen LogP contribution is -2.41. The number of hydrogen-bond acceptors (Lipinski definition) is 5. The summed E-state index contributed by atoms with van der Waals surface area (Å²) in [6, 6.07) is 12.1. The third-order valence-electron chi connectivity index (χ3n) is 5.29. The smallest absolute Gasteiger partial charge is 0.242 e. The molecule has 3 rings (SSSR count). The molecule has 1 amide bonds. The van der Waals surface area contributed by atoms with Crippen LogP contribution in [0.1, 0.15) is 16.7 Å². The van der Waals surface area contributed by atoms with Crippen molar-refractivity contribution in [2.75, 3.05) is 38.3 Å². The van der Waals surface area contributed by atoms with Crippen molar-refractivity contribution in [3.05, 3.63) is 59.2 Å². The molecule has 2 aromatic carbocycles. The SMILES string of the molecule is Cc1ccc(CN(CC(=O)N2CCc3cc(S(=O)(=O)N(C)C)ccc32)S(C)(=O)=O)cc1. The van der Waals surface area contributed by atoms with Crippen molar-refractivity contribution in [2.45, 2.75) is 24.8 Å². The Hall–Kier alpha value is -2.27. The van der Waals surface area contributed by atoms with E-state index in [1.54, 1.807) is 12.1 Å². The third kappa shape index (κ3) is 5.15. The van der Waals surface area contributed by atoms with Crippen LogP contribution in [0.3, 0.4) is 0 Å². The standard InChI is InChI=1S/C21H27N3O5S2/c1-16-5-7-17(8-6-16)14-23(30(4,26)27)15-21(25)24-12-11-18-13-19(9-10-20(18)24)31(28,29)22(2)3/h5-10,13H,11-12,14-15H2,1-4H3. The van der Waals surface area contributed by atoms with E-state index in [9.17, 15) is 21.6 Å². The zero-order valence-corrected chi connectivity index (χ0v) is 19.7. The number of carbonyl (C=O) groups excluding carboxylic acids is 1. The highest BCUT2D eigenvalue weighted by atomic mass is 32.2. The molecule has 0 spiro atoms. The van der Waals surface area contributed by atoms with Gasteiger partial charge in [0.15, 0.2) is 0 Å². The summed E-state index contributed by atoms with van der Waals surface area (Å²) in [6.07, 6.45) is 1.60. The van der Waals surface area contributed by atoms with Gasteiger partial charge < -0.3 is 4.90 Å². The maximum absolute atomic E-state index is 13.0. The molecule has 0 saturated carbocycles. The lowest BCUT2D eigenvalue weighted by atomic mass is 10.1. The quantitative estimate of drug-likeness (QED) is 0.619. The number of nitrogens with zero attached hydrogens (tertiary/aromatic N) is 3. The normalized spacial score (nSPS) is 14.3. The zero-order chi connectivity index (χ0) is 23.0. The Labute approximate surface area is 184 Å². The number of fused-ring (bicyclic) bond motifs is 1. The maximum Gasteiger partial charge on any atom is 0.242 e. The van der Waals surface area contributed by atoms with Crippen molar-refractivity contribution in [1.29, 1.82) is 0 Å². The van der Waals surface area contributed by atoms with Gasteiger partial charge in [-0.1, -0.05) is 29.8 Å². The van der Waals surface area contributed by atoms with Crippen molar-refractivity contribution < 1.29 is 21.6 Å². The van der Waals surface area contributed by atoms with Crippen molar-refractivity contribution >= 4 is 31.6 Å². The Morgan fingerprint density at radius 1 is 1.03 bits per heavy atom. The number of sulfonamides is 2. The Kier molecular flexibility index (Phi) is 6.56. The molecule has 0 N–H and O–H groups in total. The van der Waals surface area contributed by atoms with Gasteiger partial charge in [-0.3, -0.25) is 4.79 Å². The predicted octanol–water partition coefficient (Wildman–Crippen LogP) is 1.60. The van der Waals surface area contributed by atoms with E-state index in [1.807, 2.05) is 31.2 Å². The van der Waals surface area contributed by atoms with Gasteiger partial charge in [0.2, 0.25) is 26.0 Å². The van der Waals surface area contributed by atoms with Crippen LogP contribution in [0, 0.1) is 6.92 Å². The van der Waals surface area contributed by atoms with Crippen molar-refractivity contribution in [2.24, 2.45) is 0 Å². The molecule has 10 heteroatoms. The molecule has 0 aliphatic carbocycles. The molecule has 1 aliphatic rings. The molecule has 2 aromatic rings. The fraction of sp³-hybridized carbons (Fsp3) is 0.381. The first kappa shape index (κ1) is 23.4. The van der Waals surface area contributed by atoms with Crippen LogP contribution in [-0.4, -0.2) is 64.8 Å². The van der Waals surface area contributed by atoms with Gasteiger partial charge in [0.05, 0.1) is 17.7 Å².